The third kappa shape index (κ3) is 2.93. The highest BCUT2D eigenvalue weighted by Crippen LogP contribution is 2.24. The molecular weight excluding hydrogens is 316 g/mol. The summed E-state index contributed by atoms with van der Waals surface area (Å²) in [7, 11) is 0. The Balaban J connectivity index is 1.92. The number of H-pyrrole nitrogens is 1. The Morgan fingerprint density at radius 2 is 2.18 bits per heavy atom. The van der Waals surface area contributed by atoms with Crippen molar-refractivity contribution in [3.05, 3.63) is 70.0 Å². The van der Waals surface area contributed by atoms with Crippen molar-refractivity contribution in [2.24, 2.45) is 0 Å². The zero-order valence-electron chi connectivity index (χ0n) is 11.9. The number of carbonyl (C=O) groups excluding carboxylic acids is 1. The highest BCUT2D eigenvalue weighted by atomic mass is 35.5. The lowest BCUT2D eigenvalue weighted by Gasteiger charge is -2.21. The highest BCUT2D eigenvalue weighted by molar-refractivity contribution is 7.16. The second kappa shape index (κ2) is 6.38. The lowest BCUT2D eigenvalue weighted by Crippen LogP contribution is -2.30. The molecule has 0 bridgehead atoms. The second-order valence-corrected chi connectivity index (χ2v) is 6.72. The van der Waals surface area contributed by atoms with Gasteiger partial charge in [0.05, 0.1) is 10.9 Å². The van der Waals surface area contributed by atoms with E-state index in [9.17, 15) is 4.79 Å². The third-order valence-corrected chi connectivity index (χ3v) is 4.65. The van der Waals surface area contributed by atoms with Gasteiger partial charge < -0.3 is 9.88 Å². The van der Waals surface area contributed by atoms with E-state index < -0.39 is 0 Å². The molecule has 2 aromatic heterocycles. The minimum absolute atomic E-state index is 0.00498. The molecule has 0 spiro atoms. The van der Waals surface area contributed by atoms with Crippen molar-refractivity contribution in [3.63, 3.8) is 0 Å². The number of hydrogen-bond acceptors (Lipinski definition) is 2. The maximum atomic E-state index is 12.9. The van der Waals surface area contributed by atoms with E-state index >= 15 is 0 Å². The number of fused-ring (bicyclic) bond motifs is 1. The molecule has 1 aromatic carbocycles. The van der Waals surface area contributed by atoms with Crippen LogP contribution < -0.4 is 0 Å². The fourth-order valence-corrected chi connectivity index (χ4v) is 3.55. The van der Waals surface area contributed by atoms with E-state index in [2.05, 4.69) is 11.6 Å². The van der Waals surface area contributed by atoms with E-state index in [0.717, 1.165) is 20.1 Å². The van der Waals surface area contributed by atoms with E-state index in [4.69, 9.17) is 11.6 Å². The van der Waals surface area contributed by atoms with Gasteiger partial charge >= 0.3 is 0 Å². The standard InChI is InChI=1S/C17H15ClN2OS/c1-2-10-20(11-12-6-7-16(18)22-12)17(21)14-4-3-5-15-13(14)8-9-19-15/h2-9,19H,1,10-11H2. The molecule has 0 saturated heterocycles. The van der Waals surface area contributed by atoms with Crippen molar-refractivity contribution >= 4 is 39.7 Å². The molecule has 0 unspecified atom stereocenters. The second-order valence-electron chi connectivity index (χ2n) is 4.92. The molecule has 1 amide bonds. The molecule has 1 N–H and O–H groups in total. The van der Waals surface area contributed by atoms with Crippen LogP contribution in [-0.4, -0.2) is 22.3 Å². The Morgan fingerprint density at radius 3 is 2.91 bits per heavy atom. The minimum atomic E-state index is -0.00498. The first-order valence-electron chi connectivity index (χ1n) is 6.89. The summed E-state index contributed by atoms with van der Waals surface area (Å²) >= 11 is 7.46. The third-order valence-electron chi connectivity index (χ3n) is 3.44. The maximum absolute atomic E-state index is 12.9. The van der Waals surface area contributed by atoms with Gasteiger partial charge in [0, 0.05) is 34.1 Å². The van der Waals surface area contributed by atoms with E-state index in [-0.39, 0.29) is 5.91 Å². The summed E-state index contributed by atoms with van der Waals surface area (Å²) in [5, 5.41) is 0.936. The SMILES string of the molecule is C=CCN(Cc1ccc(Cl)s1)C(=O)c1cccc2[nH]ccc12. The molecule has 0 radical (unpaired) electrons. The number of hydrogen-bond donors (Lipinski definition) is 1. The van der Waals surface area contributed by atoms with Crippen molar-refractivity contribution < 1.29 is 4.79 Å². The van der Waals surface area contributed by atoms with Crippen LogP contribution in [0.15, 0.2) is 55.3 Å². The first-order chi connectivity index (χ1) is 10.7. The van der Waals surface area contributed by atoms with Crippen LogP contribution in [0.25, 0.3) is 10.9 Å². The maximum Gasteiger partial charge on any atom is 0.255 e. The van der Waals surface area contributed by atoms with Crippen molar-refractivity contribution in [3.8, 4) is 0 Å². The molecule has 0 aliphatic rings. The molecule has 22 heavy (non-hydrogen) atoms. The van der Waals surface area contributed by atoms with Crippen molar-refractivity contribution in [1.29, 1.82) is 0 Å². The minimum Gasteiger partial charge on any atom is -0.361 e. The molecule has 3 nitrogen and oxygen atoms in total. The van der Waals surface area contributed by atoms with Gasteiger partial charge in [0.15, 0.2) is 0 Å². The van der Waals surface area contributed by atoms with E-state index in [1.165, 1.54) is 11.3 Å². The van der Waals surface area contributed by atoms with Gasteiger partial charge in [0.1, 0.15) is 0 Å². The summed E-state index contributed by atoms with van der Waals surface area (Å²) in [6.45, 7) is 4.78. The van der Waals surface area contributed by atoms with Crippen LogP contribution >= 0.6 is 22.9 Å². The largest absolute Gasteiger partial charge is 0.361 e. The van der Waals surface area contributed by atoms with Crippen LogP contribution in [0.3, 0.4) is 0 Å². The van der Waals surface area contributed by atoms with Crippen molar-refractivity contribution in [2.45, 2.75) is 6.54 Å². The van der Waals surface area contributed by atoms with Crippen LogP contribution in [-0.2, 0) is 6.54 Å². The van der Waals surface area contributed by atoms with Gasteiger partial charge in [0.25, 0.3) is 5.91 Å². The van der Waals surface area contributed by atoms with Gasteiger partial charge in [-0.2, -0.15) is 0 Å². The summed E-state index contributed by atoms with van der Waals surface area (Å²) in [4.78, 5) is 18.9. The van der Waals surface area contributed by atoms with Crippen LogP contribution in [0.4, 0.5) is 0 Å². The number of benzene rings is 1. The number of nitrogens with zero attached hydrogens (tertiary/aromatic N) is 1. The van der Waals surface area contributed by atoms with Gasteiger partial charge in [-0.05, 0) is 30.3 Å². The number of amides is 1. The molecule has 0 saturated carbocycles. The predicted octanol–water partition coefficient (Wildman–Crippen LogP) is 4.71. The summed E-state index contributed by atoms with van der Waals surface area (Å²) in [6, 6.07) is 11.4. The number of thiophene rings is 1. The molecular formula is C17H15ClN2OS. The fourth-order valence-electron chi connectivity index (χ4n) is 2.44. The van der Waals surface area contributed by atoms with Crippen molar-refractivity contribution in [2.75, 3.05) is 6.54 Å². The predicted molar refractivity (Wildman–Crippen MR) is 92.6 cm³/mol. The van der Waals surface area contributed by atoms with Crippen LogP contribution in [0.2, 0.25) is 4.34 Å². The van der Waals surface area contributed by atoms with E-state index in [1.807, 2.05) is 42.6 Å². The first kappa shape index (κ1) is 14.9. The molecule has 0 fully saturated rings. The van der Waals surface area contributed by atoms with Gasteiger partial charge in [0.2, 0.25) is 0 Å². The molecule has 112 valence electrons. The molecule has 0 aliphatic heterocycles. The average Bonchev–Trinajstić information content (AvgIpc) is 3.14. The van der Waals surface area contributed by atoms with Crippen LogP contribution in [0.5, 0.6) is 0 Å². The fraction of sp³-hybridized carbons (Fsp3) is 0.118. The zero-order valence-corrected chi connectivity index (χ0v) is 13.5. The van der Waals surface area contributed by atoms with Gasteiger partial charge in [-0.25, -0.2) is 0 Å². The molecule has 0 aliphatic carbocycles. The zero-order chi connectivity index (χ0) is 15.5. The number of nitrogens with one attached hydrogen (secondary N) is 1. The summed E-state index contributed by atoms with van der Waals surface area (Å²) < 4.78 is 0.730. The Bertz CT molecular complexity index is 821. The van der Waals surface area contributed by atoms with Crippen LogP contribution in [0.1, 0.15) is 15.2 Å². The monoisotopic (exact) mass is 330 g/mol. The number of aromatic nitrogens is 1. The average molecular weight is 331 g/mol. The molecule has 0 atom stereocenters. The Kier molecular flexibility index (Phi) is 4.32. The van der Waals surface area contributed by atoms with Gasteiger partial charge in [-0.3, -0.25) is 4.79 Å². The van der Waals surface area contributed by atoms with Gasteiger partial charge in [-0.15, -0.1) is 17.9 Å². The quantitative estimate of drug-likeness (QED) is 0.676. The Labute approximate surface area is 137 Å². The molecule has 2 heterocycles. The normalized spacial score (nSPS) is 10.8. The lowest BCUT2D eigenvalue weighted by atomic mass is 10.1. The summed E-state index contributed by atoms with van der Waals surface area (Å²) in [5.41, 5.74) is 1.66. The van der Waals surface area contributed by atoms with E-state index in [0.29, 0.717) is 18.7 Å². The Hall–Kier alpha value is -2.04. The number of halogens is 1. The summed E-state index contributed by atoms with van der Waals surface area (Å²) in [6.07, 6.45) is 3.59. The Morgan fingerprint density at radius 1 is 1.32 bits per heavy atom. The molecule has 3 aromatic rings. The number of rotatable bonds is 5. The molecule has 3 rings (SSSR count). The van der Waals surface area contributed by atoms with Crippen LogP contribution in [0, 0.1) is 0 Å². The van der Waals surface area contributed by atoms with Gasteiger partial charge in [-0.1, -0.05) is 23.7 Å². The molecule has 5 heteroatoms. The van der Waals surface area contributed by atoms with E-state index in [1.54, 1.807) is 11.0 Å². The first-order valence-corrected chi connectivity index (χ1v) is 8.09. The van der Waals surface area contributed by atoms with Crippen molar-refractivity contribution in [1.82, 2.24) is 9.88 Å². The number of aromatic amines is 1. The number of carbonyl (C=O) groups is 1. The topological polar surface area (TPSA) is 36.1 Å². The smallest absolute Gasteiger partial charge is 0.255 e. The highest BCUT2D eigenvalue weighted by Gasteiger charge is 2.18. The lowest BCUT2D eigenvalue weighted by molar-refractivity contribution is 0.0766. The summed E-state index contributed by atoms with van der Waals surface area (Å²) in [5.74, 6) is -0.00498.